The van der Waals surface area contributed by atoms with E-state index in [-0.39, 0.29) is 47.9 Å². The summed E-state index contributed by atoms with van der Waals surface area (Å²) < 4.78 is 15.8. The minimum atomic E-state index is -0.949. The second-order valence-electron chi connectivity index (χ2n) is 6.54. The number of esters is 1. The maximum absolute atomic E-state index is 12.6. The molecule has 0 atom stereocenters. The maximum atomic E-state index is 12.6. The van der Waals surface area contributed by atoms with Gasteiger partial charge in [-0.1, -0.05) is 0 Å². The molecular formula is C21H20O10. The van der Waals surface area contributed by atoms with Crippen LogP contribution >= 0.6 is 0 Å². The van der Waals surface area contributed by atoms with Gasteiger partial charge in [0.15, 0.2) is 23.0 Å². The van der Waals surface area contributed by atoms with Crippen LogP contribution in [0.4, 0.5) is 0 Å². The number of carbonyl (C=O) groups is 1. The van der Waals surface area contributed by atoms with E-state index in [1.807, 2.05) is 0 Å². The molecule has 3 aromatic rings. The van der Waals surface area contributed by atoms with Crippen LogP contribution in [0.2, 0.25) is 0 Å². The van der Waals surface area contributed by atoms with E-state index in [1.165, 1.54) is 12.1 Å². The minimum Gasteiger partial charge on any atom is -0.507 e. The molecule has 0 amide bonds. The highest BCUT2D eigenvalue weighted by atomic mass is 16.5. The van der Waals surface area contributed by atoms with Gasteiger partial charge in [0, 0.05) is 24.1 Å². The lowest BCUT2D eigenvalue weighted by Crippen LogP contribution is -2.07. The molecule has 5 N–H and O–H groups in total. The molecule has 31 heavy (non-hydrogen) atoms. The van der Waals surface area contributed by atoms with Gasteiger partial charge < -0.3 is 39.4 Å². The van der Waals surface area contributed by atoms with Crippen LogP contribution in [0.3, 0.4) is 0 Å². The summed E-state index contributed by atoms with van der Waals surface area (Å²) in [6.07, 6.45) is 0.503. The van der Waals surface area contributed by atoms with Crippen molar-refractivity contribution in [1.82, 2.24) is 0 Å². The molecule has 0 spiro atoms. The maximum Gasteiger partial charge on any atom is 0.305 e. The van der Waals surface area contributed by atoms with Crippen molar-refractivity contribution in [1.29, 1.82) is 0 Å². The summed E-state index contributed by atoms with van der Waals surface area (Å²) in [4.78, 5) is 23.9. The van der Waals surface area contributed by atoms with Gasteiger partial charge >= 0.3 is 5.97 Å². The van der Waals surface area contributed by atoms with Crippen LogP contribution in [0.5, 0.6) is 34.5 Å². The Morgan fingerprint density at radius 2 is 1.65 bits per heavy atom. The second kappa shape index (κ2) is 8.74. The third-order valence-electron chi connectivity index (χ3n) is 4.36. The molecule has 10 heteroatoms. The zero-order valence-electron chi connectivity index (χ0n) is 16.4. The molecule has 0 saturated heterocycles. The second-order valence-corrected chi connectivity index (χ2v) is 6.54. The summed E-state index contributed by atoms with van der Waals surface area (Å²) in [5, 5.41) is 49.0. The van der Waals surface area contributed by atoms with Crippen LogP contribution in [-0.2, 0) is 9.53 Å². The van der Waals surface area contributed by atoms with Crippen molar-refractivity contribution in [3.05, 3.63) is 34.5 Å². The summed E-state index contributed by atoms with van der Waals surface area (Å²) >= 11 is 0. The van der Waals surface area contributed by atoms with Gasteiger partial charge in [0.05, 0.1) is 13.2 Å². The van der Waals surface area contributed by atoms with Gasteiger partial charge in [-0.3, -0.25) is 9.59 Å². The lowest BCUT2D eigenvalue weighted by Gasteiger charge is -2.11. The predicted molar refractivity (Wildman–Crippen MR) is 108 cm³/mol. The summed E-state index contributed by atoms with van der Waals surface area (Å²) in [6, 6.07) is 4.44. The molecule has 0 aliphatic carbocycles. The Morgan fingerprint density at radius 3 is 2.29 bits per heavy atom. The SMILES string of the molecule is CCOC(=O)CCCOc1cc(O)c2c(=O)c(O)c(-c3cc(O)c(O)c(O)c3)oc2c1. The highest BCUT2D eigenvalue weighted by Crippen LogP contribution is 2.42. The molecule has 3 rings (SSSR count). The molecular weight excluding hydrogens is 412 g/mol. The third-order valence-corrected chi connectivity index (χ3v) is 4.36. The van der Waals surface area contributed by atoms with Crippen LogP contribution in [0.15, 0.2) is 33.5 Å². The Morgan fingerprint density at radius 1 is 0.968 bits per heavy atom. The molecule has 0 aliphatic heterocycles. The molecule has 0 radical (unpaired) electrons. The summed E-state index contributed by atoms with van der Waals surface area (Å²) in [6.45, 7) is 2.11. The standard InChI is InChI=1S/C21H20O10/c1-2-29-16(25)4-3-5-30-11-8-12(22)17-15(9-11)31-21(20(28)19(17)27)10-6-13(23)18(26)14(24)7-10/h6-9,22-24,26,28H,2-5H2,1H3. The van der Waals surface area contributed by atoms with Crippen LogP contribution in [0.1, 0.15) is 19.8 Å². The van der Waals surface area contributed by atoms with E-state index in [0.717, 1.165) is 12.1 Å². The van der Waals surface area contributed by atoms with E-state index >= 15 is 0 Å². The number of aromatic hydroxyl groups is 5. The number of ether oxygens (including phenoxy) is 2. The van der Waals surface area contributed by atoms with E-state index in [0.29, 0.717) is 6.42 Å². The fourth-order valence-corrected chi connectivity index (χ4v) is 2.92. The highest BCUT2D eigenvalue weighted by Gasteiger charge is 2.21. The molecule has 164 valence electrons. The summed E-state index contributed by atoms with van der Waals surface area (Å²) in [5.74, 6) is -4.15. The van der Waals surface area contributed by atoms with Gasteiger partial charge in [0.2, 0.25) is 11.2 Å². The largest absolute Gasteiger partial charge is 0.507 e. The quantitative estimate of drug-likeness (QED) is 0.213. The fourth-order valence-electron chi connectivity index (χ4n) is 2.92. The normalized spacial score (nSPS) is 10.9. The minimum absolute atomic E-state index is 0.0930. The van der Waals surface area contributed by atoms with Crippen molar-refractivity contribution in [3.63, 3.8) is 0 Å². The van der Waals surface area contributed by atoms with Crippen LogP contribution in [0, 0.1) is 0 Å². The first-order chi connectivity index (χ1) is 14.7. The average molecular weight is 432 g/mol. The van der Waals surface area contributed by atoms with Crippen LogP contribution < -0.4 is 10.2 Å². The van der Waals surface area contributed by atoms with Crippen molar-refractivity contribution in [3.8, 4) is 45.8 Å². The van der Waals surface area contributed by atoms with Gasteiger partial charge in [-0.05, 0) is 25.5 Å². The highest BCUT2D eigenvalue weighted by molar-refractivity contribution is 5.88. The molecule has 0 fully saturated rings. The number of benzene rings is 2. The summed E-state index contributed by atoms with van der Waals surface area (Å²) in [5.41, 5.74) is -1.18. The van der Waals surface area contributed by atoms with Crippen molar-refractivity contribution in [2.75, 3.05) is 13.2 Å². The fraction of sp³-hybridized carbons (Fsp3) is 0.238. The number of fused-ring (bicyclic) bond motifs is 1. The Kier molecular flexibility index (Phi) is 6.10. The predicted octanol–water partition coefficient (Wildman–Crippen LogP) is 2.71. The van der Waals surface area contributed by atoms with Gasteiger partial charge in [0.25, 0.3) is 0 Å². The first-order valence-corrected chi connectivity index (χ1v) is 9.29. The van der Waals surface area contributed by atoms with Crippen molar-refractivity contribution < 1.29 is 44.2 Å². The summed E-state index contributed by atoms with van der Waals surface area (Å²) in [7, 11) is 0. The number of rotatable bonds is 7. The van der Waals surface area contributed by atoms with E-state index in [9.17, 15) is 35.1 Å². The number of phenolic OH excluding ortho intramolecular Hbond substituents is 4. The first-order valence-electron chi connectivity index (χ1n) is 9.29. The molecule has 0 aliphatic rings. The van der Waals surface area contributed by atoms with E-state index < -0.39 is 39.9 Å². The Labute approximate surface area is 175 Å². The molecule has 10 nitrogen and oxygen atoms in total. The van der Waals surface area contributed by atoms with Crippen molar-refractivity contribution >= 4 is 16.9 Å². The average Bonchev–Trinajstić information content (AvgIpc) is 2.71. The third kappa shape index (κ3) is 4.42. The Bertz CT molecular complexity index is 1170. The van der Waals surface area contributed by atoms with Crippen molar-refractivity contribution in [2.24, 2.45) is 0 Å². The lowest BCUT2D eigenvalue weighted by atomic mass is 10.1. The smallest absolute Gasteiger partial charge is 0.305 e. The number of phenols is 4. The van der Waals surface area contributed by atoms with E-state index in [4.69, 9.17) is 13.9 Å². The van der Waals surface area contributed by atoms with Gasteiger partial charge in [-0.15, -0.1) is 0 Å². The molecule has 1 aromatic heterocycles. The van der Waals surface area contributed by atoms with E-state index in [1.54, 1.807) is 6.92 Å². The van der Waals surface area contributed by atoms with Gasteiger partial charge in [-0.25, -0.2) is 0 Å². The molecule has 1 heterocycles. The molecule has 2 aromatic carbocycles. The zero-order valence-corrected chi connectivity index (χ0v) is 16.4. The topological polar surface area (TPSA) is 167 Å². The zero-order chi connectivity index (χ0) is 22.7. The van der Waals surface area contributed by atoms with E-state index in [2.05, 4.69) is 0 Å². The first kappa shape index (κ1) is 21.6. The Hall–Kier alpha value is -4.08. The number of hydrogen-bond acceptors (Lipinski definition) is 10. The van der Waals surface area contributed by atoms with Crippen LogP contribution in [0.25, 0.3) is 22.3 Å². The molecule has 0 saturated carbocycles. The molecule has 0 unspecified atom stereocenters. The monoisotopic (exact) mass is 432 g/mol. The number of hydrogen-bond donors (Lipinski definition) is 5. The lowest BCUT2D eigenvalue weighted by molar-refractivity contribution is -0.143. The van der Waals surface area contributed by atoms with Gasteiger partial charge in [0.1, 0.15) is 22.5 Å². The Balaban J connectivity index is 1.96. The van der Waals surface area contributed by atoms with Crippen LogP contribution in [-0.4, -0.2) is 44.7 Å². The van der Waals surface area contributed by atoms with Gasteiger partial charge in [-0.2, -0.15) is 0 Å². The number of carbonyl (C=O) groups excluding carboxylic acids is 1. The molecule has 0 bridgehead atoms. The van der Waals surface area contributed by atoms with Crippen molar-refractivity contribution in [2.45, 2.75) is 19.8 Å².